The summed E-state index contributed by atoms with van der Waals surface area (Å²) in [7, 11) is 0. The maximum atomic E-state index is 11.0. The Morgan fingerprint density at radius 3 is 2.53 bits per heavy atom. The molecule has 0 heterocycles. The quantitative estimate of drug-likeness (QED) is 0.548. The van der Waals surface area contributed by atoms with Crippen LogP contribution in [0, 0.1) is 0 Å². The van der Waals surface area contributed by atoms with Gasteiger partial charge in [0.05, 0.1) is 18.8 Å². The van der Waals surface area contributed by atoms with Crippen LogP contribution in [0.5, 0.6) is 0 Å². The van der Waals surface area contributed by atoms with Gasteiger partial charge in [0.25, 0.3) is 0 Å². The number of nitrogens with one attached hydrogen (secondary N) is 1. The van der Waals surface area contributed by atoms with Gasteiger partial charge in [0.1, 0.15) is 0 Å². The summed E-state index contributed by atoms with van der Waals surface area (Å²) in [6, 6.07) is 5.84. The second kappa shape index (κ2) is 6.15. The first-order chi connectivity index (χ1) is 8.08. The normalized spacial score (nSPS) is 13.8. The smallest absolute Gasteiger partial charge is 0.247 e. The Morgan fingerprint density at radius 1 is 1.47 bits per heavy atom. The van der Waals surface area contributed by atoms with Gasteiger partial charge in [0.15, 0.2) is 0 Å². The van der Waals surface area contributed by atoms with Gasteiger partial charge in [-0.1, -0.05) is 18.7 Å². The number of benzene rings is 1. The summed E-state index contributed by atoms with van der Waals surface area (Å²) in [5.74, 6) is -0.301. The predicted octanol–water partition coefficient (Wildman–Crippen LogP) is 0.164. The van der Waals surface area contributed by atoms with Crippen LogP contribution in [0.3, 0.4) is 0 Å². The predicted molar refractivity (Wildman–Crippen MR) is 65.3 cm³/mol. The van der Waals surface area contributed by atoms with Crippen LogP contribution in [0.2, 0.25) is 0 Å². The molecule has 1 rings (SSSR count). The highest BCUT2D eigenvalue weighted by atomic mass is 16.3. The van der Waals surface area contributed by atoms with E-state index in [1.165, 1.54) is 6.08 Å². The molecule has 0 aromatic heterocycles. The lowest BCUT2D eigenvalue weighted by Crippen LogP contribution is -2.31. The van der Waals surface area contributed by atoms with Crippen LogP contribution in [0.4, 0.5) is 5.69 Å². The summed E-state index contributed by atoms with van der Waals surface area (Å²) in [4.78, 5) is 11.0. The van der Waals surface area contributed by atoms with Crippen LogP contribution in [0.15, 0.2) is 36.9 Å². The molecule has 0 fully saturated rings. The van der Waals surface area contributed by atoms with Crippen molar-refractivity contribution in [2.75, 3.05) is 11.9 Å². The zero-order valence-corrected chi connectivity index (χ0v) is 9.34. The fourth-order valence-corrected chi connectivity index (χ4v) is 1.30. The second-order valence-electron chi connectivity index (χ2n) is 3.61. The second-order valence-corrected chi connectivity index (χ2v) is 3.61. The zero-order valence-electron chi connectivity index (χ0n) is 9.34. The van der Waals surface area contributed by atoms with Crippen molar-refractivity contribution in [2.24, 2.45) is 5.73 Å². The van der Waals surface area contributed by atoms with Gasteiger partial charge in [0.2, 0.25) is 5.91 Å². The molecule has 0 unspecified atom stereocenters. The SMILES string of the molecule is C=CC(=O)Nc1ccc([C@@H](O)[C@H](N)CO)cc1. The molecule has 0 spiro atoms. The molecule has 1 amide bonds. The molecule has 0 bridgehead atoms. The molecule has 17 heavy (non-hydrogen) atoms. The average Bonchev–Trinajstić information content (AvgIpc) is 2.37. The van der Waals surface area contributed by atoms with E-state index in [0.29, 0.717) is 11.3 Å². The van der Waals surface area contributed by atoms with Gasteiger partial charge in [0, 0.05) is 5.69 Å². The Bertz CT molecular complexity index is 389. The lowest BCUT2D eigenvalue weighted by molar-refractivity contribution is -0.111. The minimum absolute atomic E-state index is 0.296. The Hall–Kier alpha value is -1.69. The monoisotopic (exact) mass is 236 g/mol. The first-order valence-corrected chi connectivity index (χ1v) is 5.16. The van der Waals surface area contributed by atoms with E-state index in [1.807, 2.05) is 0 Å². The Kier molecular flexibility index (Phi) is 4.84. The Labute approximate surface area is 99.6 Å². The van der Waals surface area contributed by atoms with Gasteiger partial charge < -0.3 is 21.3 Å². The Balaban J connectivity index is 2.74. The van der Waals surface area contributed by atoms with Crippen molar-refractivity contribution in [3.63, 3.8) is 0 Å². The summed E-state index contributed by atoms with van der Waals surface area (Å²) in [6.45, 7) is 3.04. The van der Waals surface area contributed by atoms with E-state index in [9.17, 15) is 9.90 Å². The van der Waals surface area contributed by atoms with Crippen molar-refractivity contribution >= 4 is 11.6 Å². The van der Waals surface area contributed by atoms with E-state index in [0.717, 1.165) is 0 Å². The third-order valence-electron chi connectivity index (χ3n) is 2.32. The van der Waals surface area contributed by atoms with E-state index in [4.69, 9.17) is 10.8 Å². The molecule has 0 saturated heterocycles. The minimum atomic E-state index is -0.927. The lowest BCUT2D eigenvalue weighted by Gasteiger charge is -2.17. The molecule has 5 heteroatoms. The van der Waals surface area contributed by atoms with Gasteiger partial charge in [-0.05, 0) is 23.8 Å². The Morgan fingerprint density at radius 2 is 2.06 bits per heavy atom. The number of carbonyl (C=O) groups is 1. The molecule has 92 valence electrons. The molecule has 1 aromatic carbocycles. The molecule has 0 aliphatic heterocycles. The van der Waals surface area contributed by atoms with E-state index in [1.54, 1.807) is 24.3 Å². The lowest BCUT2D eigenvalue weighted by atomic mass is 10.0. The van der Waals surface area contributed by atoms with E-state index in [-0.39, 0.29) is 12.5 Å². The summed E-state index contributed by atoms with van der Waals surface area (Å²) in [6.07, 6.45) is 0.244. The molecular weight excluding hydrogens is 220 g/mol. The number of hydrogen-bond acceptors (Lipinski definition) is 4. The van der Waals surface area contributed by atoms with E-state index < -0.39 is 12.1 Å². The van der Waals surface area contributed by atoms with Crippen LogP contribution in [0.1, 0.15) is 11.7 Å². The van der Waals surface area contributed by atoms with Gasteiger partial charge in [-0.25, -0.2) is 0 Å². The van der Waals surface area contributed by atoms with E-state index in [2.05, 4.69) is 11.9 Å². The maximum absolute atomic E-state index is 11.0. The van der Waals surface area contributed by atoms with Gasteiger partial charge in [-0.3, -0.25) is 4.79 Å². The maximum Gasteiger partial charge on any atom is 0.247 e. The molecule has 0 aliphatic rings. The number of aliphatic hydroxyl groups excluding tert-OH is 2. The van der Waals surface area contributed by atoms with Crippen LogP contribution >= 0.6 is 0 Å². The van der Waals surface area contributed by atoms with Crippen LogP contribution in [-0.2, 0) is 4.79 Å². The number of aliphatic hydroxyl groups is 2. The van der Waals surface area contributed by atoms with Crippen LogP contribution < -0.4 is 11.1 Å². The molecule has 5 nitrogen and oxygen atoms in total. The zero-order chi connectivity index (χ0) is 12.8. The molecule has 0 saturated carbocycles. The van der Waals surface area contributed by atoms with Crippen molar-refractivity contribution < 1.29 is 15.0 Å². The highest BCUT2D eigenvalue weighted by molar-refractivity contribution is 5.98. The van der Waals surface area contributed by atoms with Gasteiger partial charge in [-0.2, -0.15) is 0 Å². The van der Waals surface area contributed by atoms with Crippen molar-refractivity contribution in [2.45, 2.75) is 12.1 Å². The number of carbonyl (C=O) groups excluding carboxylic acids is 1. The molecule has 0 aliphatic carbocycles. The summed E-state index contributed by atoms with van der Waals surface area (Å²) < 4.78 is 0. The largest absolute Gasteiger partial charge is 0.395 e. The fraction of sp³-hybridized carbons (Fsp3) is 0.250. The molecule has 1 aromatic rings. The third kappa shape index (κ3) is 3.67. The first-order valence-electron chi connectivity index (χ1n) is 5.16. The number of anilines is 1. The first kappa shape index (κ1) is 13.4. The minimum Gasteiger partial charge on any atom is -0.395 e. The number of hydrogen-bond donors (Lipinski definition) is 4. The average molecular weight is 236 g/mol. The molecule has 0 radical (unpaired) electrons. The fourth-order valence-electron chi connectivity index (χ4n) is 1.30. The molecule has 2 atom stereocenters. The van der Waals surface area contributed by atoms with Gasteiger partial charge in [-0.15, -0.1) is 0 Å². The number of nitrogens with two attached hydrogens (primary N) is 1. The number of rotatable bonds is 5. The van der Waals surface area contributed by atoms with Crippen molar-refractivity contribution in [1.82, 2.24) is 0 Å². The number of amides is 1. The van der Waals surface area contributed by atoms with Gasteiger partial charge >= 0.3 is 0 Å². The van der Waals surface area contributed by atoms with Crippen LogP contribution in [0.25, 0.3) is 0 Å². The standard InChI is InChI=1S/C12H16N2O3/c1-2-11(16)14-9-5-3-8(4-6-9)12(17)10(13)7-15/h2-6,10,12,15,17H,1,7,13H2,(H,14,16)/t10-,12-/m1/s1. The topological polar surface area (TPSA) is 95.6 Å². The summed E-state index contributed by atoms with van der Waals surface area (Å²) in [5, 5.41) is 21.1. The van der Waals surface area contributed by atoms with Crippen molar-refractivity contribution in [1.29, 1.82) is 0 Å². The highest BCUT2D eigenvalue weighted by Gasteiger charge is 2.15. The molecular formula is C12H16N2O3. The summed E-state index contributed by atoms with van der Waals surface area (Å²) >= 11 is 0. The van der Waals surface area contributed by atoms with Crippen molar-refractivity contribution in [3.05, 3.63) is 42.5 Å². The third-order valence-corrected chi connectivity index (χ3v) is 2.32. The molecule has 5 N–H and O–H groups in total. The van der Waals surface area contributed by atoms with E-state index >= 15 is 0 Å². The summed E-state index contributed by atoms with van der Waals surface area (Å²) in [5.41, 5.74) is 6.69. The highest BCUT2D eigenvalue weighted by Crippen LogP contribution is 2.18. The van der Waals surface area contributed by atoms with Crippen LogP contribution in [-0.4, -0.2) is 28.8 Å². The van der Waals surface area contributed by atoms with Crippen molar-refractivity contribution in [3.8, 4) is 0 Å².